The van der Waals surface area contributed by atoms with Crippen LogP contribution in [-0.4, -0.2) is 35.1 Å². The molecule has 0 saturated carbocycles. The number of anilines is 1. The summed E-state index contributed by atoms with van der Waals surface area (Å²) in [5, 5.41) is 5.87. The lowest BCUT2D eigenvalue weighted by molar-refractivity contribution is 0.102. The number of carbonyl (C=O) groups is 1. The van der Waals surface area contributed by atoms with Gasteiger partial charge in [-0.25, -0.2) is 18.2 Å². The van der Waals surface area contributed by atoms with Gasteiger partial charge in [0.25, 0.3) is 5.91 Å². The average molecular weight is 465 g/mol. The van der Waals surface area contributed by atoms with E-state index in [-0.39, 0.29) is 24.2 Å². The first-order valence-corrected chi connectivity index (χ1v) is 9.76. The van der Waals surface area contributed by atoms with E-state index in [1.54, 1.807) is 6.07 Å². The molecule has 2 aromatic heterocycles. The molecule has 1 fully saturated rings. The summed E-state index contributed by atoms with van der Waals surface area (Å²) in [5.74, 6) is -3.17. The predicted octanol–water partition coefficient (Wildman–Crippen LogP) is 4.37. The zero-order valence-electron chi connectivity index (χ0n) is 16.8. The Morgan fingerprint density at radius 3 is 2.59 bits per heavy atom. The monoisotopic (exact) mass is 464 g/mol. The number of carbonyl (C=O) groups excluding carboxylic acids is 1. The van der Waals surface area contributed by atoms with E-state index in [1.165, 1.54) is 12.4 Å². The molecule has 4 rings (SSSR count). The fourth-order valence-electron chi connectivity index (χ4n) is 3.33. The summed E-state index contributed by atoms with van der Waals surface area (Å²) in [7, 11) is 0. The number of pyridine rings is 2. The molecule has 1 aliphatic heterocycles. The van der Waals surface area contributed by atoms with Crippen molar-refractivity contribution in [1.29, 1.82) is 0 Å². The van der Waals surface area contributed by atoms with E-state index >= 15 is 0 Å². The molecule has 1 saturated heterocycles. The summed E-state index contributed by atoms with van der Waals surface area (Å²) >= 11 is 0. The normalized spacial score (nSPS) is 15.5. The second-order valence-corrected chi connectivity index (χ2v) is 7.04. The summed E-state index contributed by atoms with van der Waals surface area (Å²) in [6.07, 6.45) is 4.76. The van der Waals surface area contributed by atoms with E-state index < -0.39 is 34.6 Å². The Hall–Kier alpha value is -3.17. The fraction of sp³-hybridized carbons (Fsp3) is 0.227. The van der Waals surface area contributed by atoms with Crippen LogP contribution >= 0.6 is 12.4 Å². The Kier molecular flexibility index (Phi) is 7.66. The van der Waals surface area contributed by atoms with E-state index in [0.29, 0.717) is 18.0 Å². The lowest BCUT2D eigenvalue weighted by Crippen LogP contribution is -2.37. The van der Waals surface area contributed by atoms with Crippen LogP contribution in [0.1, 0.15) is 23.3 Å². The number of hydrogen-bond donors (Lipinski definition) is 2. The van der Waals surface area contributed by atoms with Crippen LogP contribution in [0.25, 0.3) is 11.3 Å². The topological polar surface area (TPSA) is 76.1 Å². The summed E-state index contributed by atoms with van der Waals surface area (Å²) in [6, 6.07) is 6.85. The summed E-state index contributed by atoms with van der Waals surface area (Å²) < 4.78 is 48.4. The van der Waals surface area contributed by atoms with Crippen molar-refractivity contribution in [3.63, 3.8) is 0 Å². The zero-order chi connectivity index (χ0) is 21.8. The van der Waals surface area contributed by atoms with Gasteiger partial charge in [-0.2, -0.15) is 0 Å². The number of amides is 1. The highest BCUT2D eigenvalue weighted by Crippen LogP contribution is 2.28. The highest BCUT2D eigenvalue weighted by Gasteiger charge is 2.21. The Morgan fingerprint density at radius 1 is 1.09 bits per heavy atom. The Labute approximate surface area is 188 Å². The number of halogens is 4. The van der Waals surface area contributed by atoms with Gasteiger partial charge in [0.05, 0.1) is 11.8 Å². The van der Waals surface area contributed by atoms with Gasteiger partial charge in [0, 0.05) is 18.8 Å². The highest BCUT2D eigenvalue weighted by molar-refractivity contribution is 6.03. The SMILES string of the molecule is Cl.O=C(Nc1cnccc1OC1CCCNC1)c1ccc(F)c(-c2c(F)cccc2F)n1. The molecule has 32 heavy (non-hydrogen) atoms. The smallest absolute Gasteiger partial charge is 0.274 e. The van der Waals surface area contributed by atoms with Crippen molar-refractivity contribution in [3.05, 3.63) is 71.9 Å². The van der Waals surface area contributed by atoms with Crippen molar-refractivity contribution >= 4 is 24.0 Å². The van der Waals surface area contributed by atoms with Crippen molar-refractivity contribution in [2.75, 3.05) is 18.4 Å². The van der Waals surface area contributed by atoms with E-state index in [9.17, 15) is 18.0 Å². The number of benzene rings is 1. The maximum atomic E-state index is 14.3. The van der Waals surface area contributed by atoms with Crippen molar-refractivity contribution < 1.29 is 22.7 Å². The number of aromatic nitrogens is 2. The molecule has 1 amide bonds. The molecular weight excluding hydrogens is 445 g/mol. The number of piperidine rings is 1. The van der Waals surface area contributed by atoms with Gasteiger partial charge in [0.15, 0.2) is 0 Å². The number of hydrogen-bond acceptors (Lipinski definition) is 5. The lowest BCUT2D eigenvalue weighted by atomic mass is 10.1. The van der Waals surface area contributed by atoms with Crippen LogP contribution in [0.4, 0.5) is 18.9 Å². The molecule has 0 radical (unpaired) electrons. The number of nitrogens with one attached hydrogen (secondary N) is 2. The van der Waals surface area contributed by atoms with Crippen molar-refractivity contribution in [2.24, 2.45) is 0 Å². The minimum absolute atomic E-state index is 0. The molecule has 1 aliphatic rings. The van der Waals surface area contributed by atoms with Crippen LogP contribution in [-0.2, 0) is 0 Å². The molecule has 2 N–H and O–H groups in total. The minimum atomic E-state index is -0.979. The molecule has 168 valence electrons. The van der Waals surface area contributed by atoms with Gasteiger partial charge >= 0.3 is 0 Å². The number of ether oxygens (including phenoxy) is 1. The molecule has 3 aromatic rings. The largest absolute Gasteiger partial charge is 0.487 e. The summed E-state index contributed by atoms with van der Waals surface area (Å²) in [6.45, 7) is 1.62. The lowest BCUT2D eigenvalue weighted by Gasteiger charge is -2.25. The first kappa shape index (κ1) is 23.5. The van der Waals surface area contributed by atoms with E-state index in [0.717, 1.165) is 49.7 Å². The minimum Gasteiger partial charge on any atom is -0.487 e. The van der Waals surface area contributed by atoms with Crippen LogP contribution in [0.3, 0.4) is 0 Å². The Morgan fingerprint density at radius 2 is 1.88 bits per heavy atom. The third-order valence-electron chi connectivity index (χ3n) is 4.85. The molecule has 3 heterocycles. The van der Waals surface area contributed by atoms with Crippen LogP contribution in [0.2, 0.25) is 0 Å². The number of nitrogens with zero attached hydrogens (tertiary/aromatic N) is 2. The molecule has 1 aromatic carbocycles. The van der Waals surface area contributed by atoms with Crippen LogP contribution in [0.15, 0.2) is 48.8 Å². The van der Waals surface area contributed by atoms with Gasteiger partial charge in [0.2, 0.25) is 0 Å². The molecule has 6 nitrogen and oxygen atoms in total. The highest BCUT2D eigenvalue weighted by atomic mass is 35.5. The average Bonchev–Trinajstić information content (AvgIpc) is 2.77. The van der Waals surface area contributed by atoms with Gasteiger partial charge in [-0.3, -0.25) is 9.78 Å². The van der Waals surface area contributed by atoms with E-state index in [4.69, 9.17) is 4.74 Å². The van der Waals surface area contributed by atoms with Crippen molar-refractivity contribution in [3.8, 4) is 17.0 Å². The molecule has 0 bridgehead atoms. The molecule has 10 heteroatoms. The first-order chi connectivity index (χ1) is 15.0. The third kappa shape index (κ3) is 5.17. The third-order valence-corrected chi connectivity index (χ3v) is 4.85. The van der Waals surface area contributed by atoms with Crippen LogP contribution in [0.5, 0.6) is 5.75 Å². The molecular formula is C22H20ClF3N4O2. The molecule has 1 unspecified atom stereocenters. The summed E-state index contributed by atoms with van der Waals surface area (Å²) in [5.41, 5.74) is -1.12. The second-order valence-electron chi connectivity index (χ2n) is 7.04. The van der Waals surface area contributed by atoms with Crippen LogP contribution < -0.4 is 15.4 Å². The predicted molar refractivity (Wildman–Crippen MR) is 116 cm³/mol. The van der Waals surface area contributed by atoms with Crippen molar-refractivity contribution in [1.82, 2.24) is 15.3 Å². The quantitative estimate of drug-likeness (QED) is 0.586. The van der Waals surface area contributed by atoms with E-state index in [2.05, 4.69) is 20.6 Å². The zero-order valence-corrected chi connectivity index (χ0v) is 17.6. The second kappa shape index (κ2) is 10.4. The molecule has 0 spiro atoms. The van der Waals surface area contributed by atoms with Crippen LogP contribution in [0, 0.1) is 17.5 Å². The first-order valence-electron chi connectivity index (χ1n) is 9.76. The number of rotatable bonds is 5. The maximum absolute atomic E-state index is 14.3. The van der Waals surface area contributed by atoms with Gasteiger partial charge in [-0.15, -0.1) is 12.4 Å². The Bertz CT molecular complexity index is 1090. The van der Waals surface area contributed by atoms with Gasteiger partial charge in [0.1, 0.15) is 46.4 Å². The molecule has 0 aliphatic carbocycles. The van der Waals surface area contributed by atoms with E-state index in [1.807, 2.05) is 0 Å². The fourth-order valence-corrected chi connectivity index (χ4v) is 3.33. The van der Waals surface area contributed by atoms with Gasteiger partial charge in [-0.05, 0) is 43.7 Å². The maximum Gasteiger partial charge on any atom is 0.274 e. The van der Waals surface area contributed by atoms with Gasteiger partial charge < -0.3 is 15.4 Å². The summed E-state index contributed by atoms with van der Waals surface area (Å²) in [4.78, 5) is 20.6. The van der Waals surface area contributed by atoms with Crippen molar-refractivity contribution in [2.45, 2.75) is 18.9 Å². The van der Waals surface area contributed by atoms with Gasteiger partial charge in [-0.1, -0.05) is 6.07 Å². The Balaban J connectivity index is 0.00000289. The standard InChI is InChI=1S/C22H19F3N4O2.ClH/c23-14-4-1-5-15(24)20(14)21-16(25)6-7-17(28-21)22(30)29-18-12-27-10-8-19(18)31-13-3-2-9-26-11-13;/h1,4-8,10,12-13,26H,2-3,9,11H2,(H,29,30);1H. The molecule has 1 atom stereocenters.